The molecule has 2 saturated heterocycles. The summed E-state index contributed by atoms with van der Waals surface area (Å²) in [6.45, 7) is 2.27. The number of hydrogen-bond acceptors (Lipinski definition) is 8. The van der Waals surface area contributed by atoms with Crippen molar-refractivity contribution in [1.82, 2.24) is 21.2 Å². The Morgan fingerprint density at radius 3 is 2.93 bits per heavy atom. The zero-order valence-electron chi connectivity index (χ0n) is 14.9. The molecule has 3 unspecified atom stereocenters. The van der Waals surface area contributed by atoms with E-state index in [2.05, 4.69) is 26.5 Å². The van der Waals surface area contributed by atoms with Crippen molar-refractivity contribution in [3.63, 3.8) is 0 Å². The second kappa shape index (κ2) is 8.00. The van der Waals surface area contributed by atoms with Crippen LogP contribution in [0.25, 0.3) is 0 Å². The van der Waals surface area contributed by atoms with Crippen molar-refractivity contribution in [3.8, 4) is 0 Å². The molecule has 148 valence electrons. The lowest BCUT2D eigenvalue weighted by atomic mass is 10.1. The zero-order chi connectivity index (χ0) is 19.7. The number of amides is 2. The fourth-order valence-corrected chi connectivity index (χ4v) is 4.10. The van der Waals surface area contributed by atoms with E-state index in [0.29, 0.717) is 23.1 Å². The second-order valence-corrected chi connectivity index (χ2v) is 8.03. The Labute approximate surface area is 170 Å². The molecule has 2 aliphatic rings. The van der Waals surface area contributed by atoms with Crippen molar-refractivity contribution in [1.29, 1.82) is 0 Å². The third kappa shape index (κ3) is 4.09. The first-order valence-corrected chi connectivity index (χ1v) is 10.1. The molecule has 0 radical (unpaired) electrons. The molecule has 2 amide bonds. The van der Waals surface area contributed by atoms with Gasteiger partial charge in [-0.25, -0.2) is 5.43 Å². The third-order valence-electron chi connectivity index (χ3n) is 4.45. The van der Waals surface area contributed by atoms with Crippen molar-refractivity contribution < 1.29 is 14.1 Å². The molecule has 9 nitrogen and oxygen atoms in total. The number of thioether (sulfide) groups is 1. The number of anilines is 2. The number of hydrogen-bond donors (Lipinski definition) is 4. The second-order valence-electron chi connectivity index (χ2n) is 6.50. The Morgan fingerprint density at radius 2 is 2.21 bits per heavy atom. The number of nitrogens with zero attached hydrogens (tertiary/aromatic N) is 2. The van der Waals surface area contributed by atoms with E-state index >= 15 is 0 Å². The summed E-state index contributed by atoms with van der Waals surface area (Å²) in [6, 6.07) is 9.03. The van der Waals surface area contributed by atoms with E-state index < -0.39 is 5.50 Å². The molecule has 3 atom stereocenters. The van der Waals surface area contributed by atoms with Crippen LogP contribution in [-0.4, -0.2) is 40.9 Å². The van der Waals surface area contributed by atoms with E-state index in [-0.39, 0.29) is 29.7 Å². The van der Waals surface area contributed by atoms with Crippen LogP contribution in [0.2, 0.25) is 5.02 Å². The molecule has 0 saturated carbocycles. The summed E-state index contributed by atoms with van der Waals surface area (Å²) in [5.41, 5.74) is 3.75. The van der Waals surface area contributed by atoms with Gasteiger partial charge in [-0.1, -0.05) is 16.8 Å². The normalized spacial score (nSPS) is 24.0. The van der Waals surface area contributed by atoms with Crippen LogP contribution >= 0.6 is 23.4 Å². The number of rotatable bonds is 5. The monoisotopic (exact) mass is 422 g/mol. The highest BCUT2D eigenvalue weighted by molar-refractivity contribution is 8.00. The molecule has 4 N–H and O–H groups in total. The number of carbonyl (C=O) groups is 2. The molecular weight excluding hydrogens is 404 g/mol. The molecular formula is C17H19ClN6O3S. The number of carbonyl (C=O) groups excluding carboxylic acids is 2. The van der Waals surface area contributed by atoms with Gasteiger partial charge in [0, 0.05) is 17.6 Å². The topological polar surface area (TPSA) is 112 Å². The van der Waals surface area contributed by atoms with Crippen molar-refractivity contribution in [2.45, 2.75) is 18.6 Å². The number of aromatic nitrogens is 1. The van der Waals surface area contributed by atoms with E-state index in [1.807, 2.05) is 17.1 Å². The van der Waals surface area contributed by atoms with E-state index in [1.54, 1.807) is 25.1 Å². The maximum Gasteiger partial charge on any atom is 0.235 e. The van der Waals surface area contributed by atoms with E-state index in [0.717, 1.165) is 5.69 Å². The average molecular weight is 423 g/mol. The summed E-state index contributed by atoms with van der Waals surface area (Å²) in [5, 5.41) is 15.2. The predicted octanol–water partition coefficient (Wildman–Crippen LogP) is 1.28. The SMILES string of the molecule is Cc1cc(NC(=O)CSC2NC(=O)C3CNN(c4ccc(Cl)cc4)C3N2)no1. The number of fused-ring (bicyclic) bond motifs is 1. The molecule has 0 bridgehead atoms. The molecule has 11 heteroatoms. The lowest BCUT2D eigenvalue weighted by Crippen LogP contribution is -2.63. The smallest absolute Gasteiger partial charge is 0.235 e. The summed E-state index contributed by atoms with van der Waals surface area (Å²) >= 11 is 7.26. The van der Waals surface area contributed by atoms with Gasteiger partial charge in [0.15, 0.2) is 5.82 Å². The minimum Gasteiger partial charge on any atom is -0.360 e. The Bertz CT molecular complexity index is 876. The molecule has 4 rings (SSSR count). The molecule has 2 aliphatic heterocycles. The molecule has 2 fully saturated rings. The van der Waals surface area contributed by atoms with Gasteiger partial charge < -0.3 is 15.2 Å². The van der Waals surface area contributed by atoms with Crippen molar-refractivity contribution in [2.75, 3.05) is 22.6 Å². The Kier molecular flexibility index (Phi) is 5.44. The lowest BCUT2D eigenvalue weighted by Gasteiger charge is -2.37. The van der Waals surface area contributed by atoms with E-state index in [4.69, 9.17) is 16.1 Å². The van der Waals surface area contributed by atoms with Gasteiger partial charge in [-0.2, -0.15) is 0 Å². The Balaban J connectivity index is 1.36. The van der Waals surface area contributed by atoms with Gasteiger partial charge in [0.25, 0.3) is 0 Å². The highest BCUT2D eigenvalue weighted by atomic mass is 35.5. The van der Waals surface area contributed by atoms with Gasteiger partial charge >= 0.3 is 0 Å². The quantitative estimate of drug-likeness (QED) is 0.570. The van der Waals surface area contributed by atoms with Crippen molar-refractivity contribution in [2.24, 2.45) is 5.92 Å². The molecule has 28 heavy (non-hydrogen) atoms. The number of hydrazine groups is 1. The minimum absolute atomic E-state index is 0.0576. The molecule has 3 heterocycles. The first-order chi connectivity index (χ1) is 13.5. The molecule has 1 aromatic carbocycles. The van der Waals surface area contributed by atoms with Crippen molar-refractivity contribution >= 4 is 46.7 Å². The van der Waals surface area contributed by atoms with Crippen molar-refractivity contribution in [3.05, 3.63) is 41.1 Å². The van der Waals surface area contributed by atoms with Crippen LogP contribution < -0.4 is 26.4 Å². The maximum atomic E-state index is 12.5. The summed E-state index contributed by atoms with van der Waals surface area (Å²) in [4.78, 5) is 24.6. The van der Waals surface area contributed by atoms with Crippen LogP contribution in [0.1, 0.15) is 5.76 Å². The first-order valence-electron chi connectivity index (χ1n) is 8.69. The third-order valence-corrected chi connectivity index (χ3v) is 5.72. The van der Waals surface area contributed by atoms with Crippen LogP contribution in [0.15, 0.2) is 34.9 Å². The number of aryl methyl sites for hydroxylation is 1. The van der Waals surface area contributed by atoms with Gasteiger partial charge in [0.1, 0.15) is 17.4 Å². The average Bonchev–Trinajstić information content (AvgIpc) is 3.27. The maximum absolute atomic E-state index is 12.5. The zero-order valence-corrected chi connectivity index (χ0v) is 16.5. The minimum atomic E-state index is -0.395. The highest BCUT2D eigenvalue weighted by Crippen LogP contribution is 2.27. The van der Waals surface area contributed by atoms with Gasteiger partial charge in [-0.05, 0) is 31.2 Å². The summed E-state index contributed by atoms with van der Waals surface area (Å²) in [6.07, 6.45) is -0.228. The standard InChI is InChI=1S/C17H19ClN6O3S/c1-9-6-13(23-27-9)20-14(25)8-28-17-21-15-12(16(26)22-17)7-19-24(15)11-4-2-10(18)3-5-11/h2-6,12,15,17,19,21H,7-8H2,1H3,(H,22,26)(H,20,23,25). The molecule has 0 spiro atoms. The largest absolute Gasteiger partial charge is 0.360 e. The fraction of sp³-hybridized carbons (Fsp3) is 0.353. The van der Waals surface area contributed by atoms with E-state index in [9.17, 15) is 9.59 Å². The summed E-state index contributed by atoms with van der Waals surface area (Å²) < 4.78 is 4.92. The van der Waals surface area contributed by atoms with Crippen LogP contribution in [0.3, 0.4) is 0 Å². The first kappa shape index (κ1) is 19.1. The molecule has 2 aromatic rings. The Morgan fingerprint density at radius 1 is 1.43 bits per heavy atom. The van der Waals surface area contributed by atoms with Gasteiger partial charge in [0.05, 0.1) is 17.4 Å². The fourth-order valence-electron chi connectivity index (χ4n) is 3.15. The lowest BCUT2D eigenvalue weighted by molar-refractivity contribution is -0.127. The van der Waals surface area contributed by atoms with Crippen LogP contribution in [0.4, 0.5) is 11.5 Å². The molecule has 0 aliphatic carbocycles. The Hall–Kier alpha value is -2.27. The predicted molar refractivity (Wildman–Crippen MR) is 107 cm³/mol. The van der Waals surface area contributed by atoms with Crippen LogP contribution in [-0.2, 0) is 9.59 Å². The van der Waals surface area contributed by atoms with Gasteiger partial charge in [-0.15, -0.1) is 11.8 Å². The molecule has 1 aromatic heterocycles. The summed E-state index contributed by atoms with van der Waals surface area (Å²) in [7, 11) is 0. The summed E-state index contributed by atoms with van der Waals surface area (Å²) in [5.74, 6) is 0.618. The number of benzene rings is 1. The number of halogens is 1. The van der Waals surface area contributed by atoms with Crippen LogP contribution in [0.5, 0.6) is 0 Å². The number of nitrogens with one attached hydrogen (secondary N) is 4. The van der Waals surface area contributed by atoms with E-state index in [1.165, 1.54) is 11.8 Å². The van der Waals surface area contributed by atoms with Crippen LogP contribution in [0, 0.1) is 12.8 Å². The van der Waals surface area contributed by atoms with Gasteiger partial charge in [0.2, 0.25) is 11.8 Å². The highest BCUT2D eigenvalue weighted by Gasteiger charge is 2.44. The van der Waals surface area contributed by atoms with Gasteiger partial charge in [-0.3, -0.25) is 19.9 Å².